The van der Waals surface area contributed by atoms with Crippen LogP contribution in [0.3, 0.4) is 0 Å². The maximum Gasteiger partial charge on any atom is 0.133 e. The second-order valence-corrected chi connectivity index (χ2v) is 6.28. The van der Waals surface area contributed by atoms with Gasteiger partial charge in [-0.3, -0.25) is 0 Å². The van der Waals surface area contributed by atoms with Crippen molar-refractivity contribution >= 4 is 0 Å². The molecule has 0 N–H and O–H groups in total. The van der Waals surface area contributed by atoms with E-state index in [2.05, 4.69) is 0 Å². The van der Waals surface area contributed by atoms with E-state index in [0.717, 1.165) is 0 Å². The monoisotopic (exact) mass is 226 g/mol. The smallest absolute Gasteiger partial charge is 0.133 e. The lowest BCUT2D eigenvalue weighted by Crippen LogP contribution is -2.21. The predicted molar refractivity (Wildman–Crippen MR) is 63.8 cm³/mol. The maximum atomic E-state index is 14.3. The Morgan fingerprint density at radius 2 is 1.31 bits per heavy atom. The van der Waals surface area contributed by atoms with Crippen LogP contribution < -0.4 is 0 Å². The van der Waals surface area contributed by atoms with Gasteiger partial charge in [0.2, 0.25) is 0 Å². The molecular weight excluding hydrogens is 206 g/mol. The quantitative estimate of drug-likeness (QED) is 0.608. The molecule has 16 heavy (non-hydrogen) atoms. The summed E-state index contributed by atoms with van der Waals surface area (Å²) in [5, 5.41) is 0. The lowest BCUT2D eigenvalue weighted by atomic mass is 9.80. The van der Waals surface area contributed by atoms with Gasteiger partial charge in [0.25, 0.3) is 0 Å². The summed E-state index contributed by atoms with van der Waals surface area (Å²) in [5.41, 5.74) is -0.0773. The first-order chi connectivity index (χ1) is 7.05. The maximum absolute atomic E-state index is 14.3. The first-order valence-corrected chi connectivity index (χ1v) is 5.54. The standard InChI is InChI=1S/C14H20F2/c1-13(2,3)9-7-8-10(15)11(12(9)16)14(4,5)6/h7-8H,1-6H3. The van der Waals surface area contributed by atoms with Crippen LogP contribution in [-0.2, 0) is 10.8 Å². The van der Waals surface area contributed by atoms with Crippen LogP contribution in [0.15, 0.2) is 12.1 Å². The molecule has 0 aliphatic heterocycles. The van der Waals surface area contributed by atoms with Crippen molar-refractivity contribution in [1.82, 2.24) is 0 Å². The minimum absolute atomic E-state index is 0.180. The Morgan fingerprint density at radius 3 is 1.69 bits per heavy atom. The van der Waals surface area contributed by atoms with Gasteiger partial charge in [0.15, 0.2) is 0 Å². The topological polar surface area (TPSA) is 0 Å². The highest BCUT2D eigenvalue weighted by molar-refractivity contribution is 5.35. The van der Waals surface area contributed by atoms with Gasteiger partial charge < -0.3 is 0 Å². The Hall–Kier alpha value is -0.920. The SMILES string of the molecule is CC(C)(C)c1ccc(F)c(C(C)(C)C)c1F. The molecule has 1 aromatic carbocycles. The first-order valence-electron chi connectivity index (χ1n) is 5.54. The Morgan fingerprint density at radius 1 is 0.812 bits per heavy atom. The van der Waals surface area contributed by atoms with Crippen LogP contribution in [0.5, 0.6) is 0 Å². The molecule has 0 amide bonds. The van der Waals surface area contributed by atoms with E-state index in [1.807, 2.05) is 41.5 Å². The van der Waals surface area contributed by atoms with Crippen LogP contribution >= 0.6 is 0 Å². The van der Waals surface area contributed by atoms with Crippen molar-refractivity contribution in [3.05, 3.63) is 34.9 Å². The van der Waals surface area contributed by atoms with Crippen molar-refractivity contribution < 1.29 is 8.78 Å². The average Bonchev–Trinajstić information content (AvgIpc) is 1.97. The molecule has 0 radical (unpaired) electrons. The molecule has 0 heterocycles. The van der Waals surface area contributed by atoms with E-state index in [-0.39, 0.29) is 11.0 Å². The normalized spacial score (nSPS) is 13.0. The van der Waals surface area contributed by atoms with Crippen molar-refractivity contribution in [3.63, 3.8) is 0 Å². The summed E-state index contributed by atoms with van der Waals surface area (Å²) in [4.78, 5) is 0. The zero-order chi connectivity index (χ0) is 12.7. The Balaban J connectivity index is 3.52. The van der Waals surface area contributed by atoms with Crippen molar-refractivity contribution in [2.24, 2.45) is 0 Å². The number of hydrogen-bond donors (Lipinski definition) is 0. The fourth-order valence-electron chi connectivity index (χ4n) is 1.82. The van der Waals surface area contributed by atoms with Crippen LogP contribution in [0.25, 0.3) is 0 Å². The highest BCUT2D eigenvalue weighted by Gasteiger charge is 2.28. The molecule has 0 saturated carbocycles. The summed E-state index contributed by atoms with van der Waals surface area (Å²) in [6, 6.07) is 2.91. The average molecular weight is 226 g/mol. The van der Waals surface area contributed by atoms with Gasteiger partial charge in [-0.2, -0.15) is 0 Å². The van der Waals surface area contributed by atoms with Crippen LogP contribution in [0, 0.1) is 11.6 Å². The van der Waals surface area contributed by atoms with Gasteiger partial charge >= 0.3 is 0 Å². The molecule has 0 aliphatic carbocycles. The Kier molecular flexibility index (Phi) is 3.15. The summed E-state index contributed by atoms with van der Waals surface area (Å²) in [6.45, 7) is 11.2. The summed E-state index contributed by atoms with van der Waals surface area (Å²) in [7, 11) is 0. The zero-order valence-electron chi connectivity index (χ0n) is 10.9. The molecule has 0 nitrogen and oxygen atoms in total. The van der Waals surface area contributed by atoms with Crippen LogP contribution in [0.1, 0.15) is 52.7 Å². The van der Waals surface area contributed by atoms with E-state index in [4.69, 9.17) is 0 Å². The molecule has 0 spiro atoms. The van der Waals surface area contributed by atoms with E-state index < -0.39 is 17.0 Å². The third kappa shape index (κ3) is 2.42. The van der Waals surface area contributed by atoms with E-state index in [1.165, 1.54) is 6.07 Å². The van der Waals surface area contributed by atoms with Gasteiger partial charge in [0.1, 0.15) is 11.6 Å². The van der Waals surface area contributed by atoms with Gasteiger partial charge in [0.05, 0.1) is 0 Å². The molecule has 1 rings (SSSR count). The molecule has 0 atom stereocenters. The molecule has 0 unspecified atom stereocenters. The molecule has 0 saturated heterocycles. The van der Waals surface area contributed by atoms with Crippen molar-refractivity contribution in [1.29, 1.82) is 0 Å². The minimum Gasteiger partial charge on any atom is -0.207 e. The fraction of sp³-hybridized carbons (Fsp3) is 0.571. The van der Waals surface area contributed by atoms with E-state index in [0.29, 0.717) is 5.56 Å². The van der Waals surface area contributed by atoms with Crippen LogP contribution in [0.4, 0.5) is 8.78 Å². The predicted octanol–water partition coefficient (Wildman–Crippen LogP) is 4.56. The van der Waals surface area contributed by atoms with Gasteiger partial charge in [-0.25, -0.2) is 8.78 Å². The lowest BCUT2D eigenvalue weighted by molar-refractivity contribution is 0.450. The molecule has 0 aliphatic rings. The molecule has 0 bridgehead atoms. The second-order valence-electron chi connectivity index (χ2n) is 6.28. The third-order valence-electron chi connectivity index (χ3n) is 2.65. The Labute approximate surface area is 96.7 Å². The minimum atomic E-state index is -0.518. The largest absolute Gasteiger partial charge is 0.207 e. The highest BCUT2D eigenvalue weighted by Crippen LogP contribution is 2.34. The highest BCUT2D eigenvalue weighted by atomic mass is 19.1. The van der Waals surface area contributed by atoms with E-state index in [1.54, 1.807) is 6.07 Å². The first kappa shape index (κ1) is 13.1. The summed E-state index contributed by atoms with van der Waals surface area (Å²) in [6.07, 6.45) is 0. The lowest BCUT2D eigenvalue weighted by Gasteiger charge is -2.26. The fourth-order valence-corrected chi connectivity index (χ4v) is 1.82. The molecule has 0 fully saturated rings. The zero-order valence-corrected chi connectivity index (χ0v) is 10.9. The number of halogens is 2. The van der Waals surface area contributed by atoms with Gasteiger partial charge in [-0.05, 0) is 22.5 Å². The number of benzene rings is 1. The summed E-state index contributed by atoms with van der Waals surface area (Å²) >= 11 is 0. The third-order valence-corrected chi connectivity index (χ3v) is 2.65. The number of hydrogen-bond acceptors (Lipinski definition) is 0. The van der Waals surface area contributed by atoms with Gasteiger partial charge in [-0.1, -0.05) is 47.6 Å². The molecule has 90 valence electrons. The number of rotatable bonds is 0. The second kappa shape index (κ2) is 3.83. The summed E-state index contributed by atoms with van der Waals surface area (Å²) < 4.78 is 28.0. The van der Waals surface area contributed by atoms with Crippen molar-refractivity contribution in [2.75, 3.05) is 0 Å². The molecule has 0 aromatic heterocycles. The van der Waals surface area contributed by atoms with Crippen LogP contribution in [0.2, 0.25) is 0 Å². The molecule has 2 heteroatoms. The van der Waals surface area contributed by atoms with Crippen LogP contribution in [-0.4, -0.2) is 0 Å². The van der Waals surface area contributed by atoms with E-state index in [9.17, 15) is 8.78 Å². The molecule has 1 aromatic rings. The van der Waals surface area contributed by atoms with Crippen molar-refractivity contribution in [3.8, 4) is 0 Å². The van der Waals surface area contributed by atoms with E-state index >= 15 is 0 Å². The van der Waals surface area contributed by atoms with Gasteiger partial charge in [0, 0.05) is 5.56 Å². The summed E-state index contributed by atoms with van der Waals surface area (Å²) in [5.74, 6) is -0.863. The molecular formula is C14H20F2. The van der Waals surface area contributed by atoms with Gasteiger partial charge in [-0.15, -0.1) is 0 Å². The Bertz CT molecular complexity index is 392. The van der Waals surface area contributed by atoms with Crippen molar-refractivity contribution in [2.45, 2.75) is 52.4 Å².